The first-order valence-corrected chi connectivity index (χ1v) is 8.14. The molecule has 0 bridgehead atoms. The Morgan fingerprint density at radius 2 is 1.95 bits per heavy atom. The molecular formula is C14H24N2O3S. The van der Waals surface area contributed by atoms with E-state index in [1.54, 1.807) is 6.07 Å². The number of sulfonamides is 1. The molecule has 0 atom stereocenters. The van der Waals surface area contributed by atoms with Crippen molar-refractivity contribution in [3.63, 3.8) is 0 Å². The molecule has 0 aliphatic rings. The average Bonchev–Trinajstić information content (AvgIpc) is 2.35. The Bertz CT molecular complexity index is 539. The molecule has 0 aromatic heterocycles. The van der Waals surface area contributed by atoms with Crippen LogP contribution in [0.1, 0.15) is 26.7 Å². The minimum absolute atomic E-state index is 0.175. The summed E-state index contributed by atoms with van der Waals surface area (Å²) in [6.45, 7) is 4.91. The first kappa shape index (κ1) is 16.8. The molecular weight excluding hydrogens is 276 g/mol. The average molecular weight is 300 g/mol. The highest BCUT2D eigenvalue weighted by Crippen LogP contribution is 2.26. The molecule has 20 heavy (non-hydrogen) atoms. The molecule has 6 heteroatoms. The molecule has 0 heterocycles. The first-order valence-electron chi connectivity index (χ1n) is 6.70. The Balaban J connectivity index is 2.74. The van der Waals surface area contributed by atoms with E-state index in [-0.39, 0.29) is 4.90 Å². The second-order valence-corrected chi connectivity index (χ2v) is 7.52. The van der Waals surface area contributed by atoms with Crippen molar-refractivity contribution >= 4 is 15.7 Å². The van der Waals surface area contributed by atoms with Crippen LogP contribution in [0.2, 0.25) is 0 Å². The SMILES string of the molecule is CC(C)CCCOc1ccc(S(=O)(=O)N(C)C)cc1N. The smallest absolute Gasteiger partial charge is 0.242 e. The molecule has 0 aliphatic carbocycles. The van der Waals surface area contributed by atoms with Crippen LogP contribution in [0.3, 0.4) is 0 Å². The molecule has 0 saturated heterocycles. The maximum absolute atomic E-state index is 12.0. The number of hydrogen-bond donors (Lipinski definition) is 1. The largest absolute Gasteiger partial charge is 0.491 e. The summed E-state index contributed by atoms with van der Waals surface area (Å²) in [5, 5.41) is 0. The fourth-order valence-electron chi connectivity index (χ4n) is 1.70. The van der Waals surface area contributed by atoms with Gasteiger partial charge in [0.25, 0.3) is 0 Å². The van der Waals surface area contributed by atoms with Gasteiger partial charge in [0.05, 0.1) is 17.2 Å². The standard InChI is InChI=1S/C14H24N2O3S/c1-11(2)6-5-9-19-14-8-7-12(10-13(14)15)20(17,18)16(3)4/h7-8,10-11H,5-6,9,15H2,1-4H3. The minimum Gasteiger partial charge on any atom is -0.491 e. The van der Waals surface area contributed by atoms with Crippen molar-refractivity contribution < 1.29 is 13.2 Å². The first-order chi connectivity index (χ1) is 9.25. The number of anilines is 1. The highest BCUT2D eigenvalue weighted by Gasteiger charge is 2.18. The molecule has 0 saturated carbocycles. The topological polar surface area (TPSA) is 72.6 Å². The number of benzene rings is 1. The molecule has 0 spiro atoms. The van der Waals surface area contributed by atoms with E-state index in [1.165, 1.54) is 26.2 Å². The van der Waals surface area contributed by atoms with Gasteiger partial charge < -0.3 is 10.5 Å². The summed E-state index contributed by atoms with van der Waals surface area (Å²) >= 11 is 0. The number of hydrogen-bond acceptors (Lipinski definition) is 4. The highest BCUT2D eigenvalue weighted by atomic mass is 32.2. The second-order valence-electron chi connectivity index (χ2n) is 5.37. The Morgan fingerprint density at radius 1 is 1.30 bits per heavy atom. The van der Waals surface area contributed by atoms with E-state index in [4.69, 9.17) is 10.5 Å². The van der Waals surface area contributed by atoms with Gasteiger partial charge in [-0.05, 0) is 37.0 Å². The lowest BCUT2D eigenvalue weighted by molar-refractivity contribution is 0.299. The predicted molar refractivity (Wildman–Crippen MR) is 81.3 cm³/mol. The van der Waals surface area contributed by atoms with E-state index < -0.39 is 10.0 Å². The van der Waals surface area contributed by atoms with Gasteiger partial charge in [-0.2, -0.15) is 0 Å². The monoisotopic (exact) mass is 300 g/mol. The van der Waals surface area contributed by atoms with Crippen LogP contribution in [0.5, 0.6) is 5.75 Å². The van der Waals surface area contributed by atoms with E-state index in [0.29, 0.717) is 24.0 Å². The number of ether oxygens (including phenoxy) is 1. The Hall–Kier alpha value is -1.27. The molecule has 0 fully saturated rings. The molecule has 2 N–H and O–H groups in total. The zero-order valence-corrected chi connectivity index (χ0v) is 13.4. The third-order valence-corrected chi connectivity index (χ3v) is 4.75. The molecule has 1 rings (SSSR count). The fourth-order valence-corrected chi connectivity index (χ4v) is 2.64. The second kappa shape index (κ2) is 6.95. The third kappa shape index (κ3) is 4.38. The lowest BCUT2D eigenvalue weighted by Gasteiger charge is -2.14. The van der Waals surface area contributed by atoms with E-state index in [1.807, 2.05) is 0 Å². The van der Waals surface area contributed by atoms with E-state index in [0.717, 1.165) is 17.1 Å². The maximum Gasteiger partial charge on any atom is 0.242 e. The molecule has 1 aromatic rings. The number of nitrogens with two attached hydrogens (primary N) is 1. The number of rotatable bonds is 7. The van der Waals surface area contributed by atoms with Crippen molar-refractivity contribution in [1.82, 2.24) is 4.31 Å². The van der Waals surface area contributed by atoms with Gasteiger partial charge in [0.15, 0.2) is 0 Å². The Kier molecular flexibility index (Phi) is 5.83. The summed E-state index contributed by atoms with van der Waals surface area (Å²) in [6.07, 6.45) is 2.04. The van der Waals surface area contributed by atoms with Gasteiger partial charge in [0, 0.05) is 14.1 Å². The van der Waals surface area contributed by atoms with Crippen LogP contribution < -0.4 is 10.5 Å². The van der Waals surface area contributed by atoms with E-state index in [9.17, 15) is 8.42 Å². The Labute approximate surface area is 121 Å². The lowest BCUT2D eigenvalue weighted by atomic mass is 10.1. The van der Waals surface area contributed by atoms with E-state index in [2.05, 4.69) is 13.8 Å². The van der Waals surface area contributed by atoms with Gasteiger partial charge in [-0.25, -0.2) is 12.7 Å². The van der Waals surface area contributed by atoms with Crippen molar-refractivity contribution in [2.24, 2.45) is 5.92 Å². The summed E-state index contributed by atoms with van der Waals surface area (Å²) in [5.74, 6) is 1.18. The van der Waals surface area contributed by atoms with Crippen molar-refractivity contribution in [1.29, 1.82) is 0 Å². The minimum atomic E-state index is -3.45. The Morgan fingerprint density at radius 3 is 2.45 bits per heavy atom. The van der Waals surface area contributed by atoms with Gasteiger partial charge in [0.1, 0.15) is 5.75 Å². The van der Waals surface area contributed by atoms with Gasteiger partial charge in [-0.3, -0.25) is 0 Å². The summed E-state index contributed by atoms with van der Waals surface area (Å²) in [4.78, 5) is 0.175. The molecule has 0 amide bonds. The van der Waals surface area contributed by atoms with Gasteiger partial charge in [-0.1, -0.05) is 13.8 Å². The number of nitrogens with zero attached hydrogens (tertiary/aromatic N) is 1. The summed E-state index contributed by atoms with van der Waals surface area (Å²) in [6, 6.07) is 4.57. The van der Waals surface area contributed by atoms with Crippen LogP contribution in [0.15, 0.2) is 23.1 Å². The van der Waals surface area contributed by atoms with Gasteiger partial charge in [0.2, 0.25) is 10.0 Å². The van der Waals surface area contributed by atoms with Gasteiger partial charge in [-0.15, -0.1) is 0 Å². The quantitative estimate of drug-likeness (QED) is 0.619. The zero-order valence-electron chi connectivity index (χ0n) is 12.6. The van der Waals surface area contributed by atoms with Crippen LogP contribution in [-0.2, 0) is 10.0 Å². The summed E-state index contributed by atoms with van der Waals surface area (Å²) in [5.41, 5.74) is 6.20. The van der Waals surface area contributed by atoms with Crippen LogP contribution >= 0.6 is 0 Å². The van der Waals surface area contributed by atoms with Crippen LogP contribution in [0.25, 0.3) is 0 Å². The third-order valence-electron chi connectivity index (χ3n) is 2.94. The van der Waals surface area contributed by atoms with Crippen LogP contribution in [-0.4, -0.2) is 33.4 Å². The molecule has 0 aliphatic heterocycles. The van der Waals surface area contributed by atoms with Gasteiger partial charge >= 0.3 is 0 Å². The van der Waals surface area contributed by atoms with Crippen molar-refractivity contribution in [2.75, 3.05) is 26.4 Å². The predicted octanol–water partition coefficient (Wildman–Crippen LogP) is 2.33. The van der Waals surface area contributed by atoms with Crippen LogP contribution in [0, 0.1) is 5.92 Å². The summed E-state index contributed by atoms with van der Waals surface area (Å²) in [7, 11) is -0.479. The molecule has 5 nitrogen and oxygen atoms in total. The van der Waals surface area contributed by atoms with Crippen molar-refractivity contribution in [3.05, 3.63) is 18.2 Å². The zero-order chi connectivity index (χ0) is 15.3. The lowest BCUT2D eigenvalue weighted by Crippen LogP contribution is -2.22. The van der Waals surface area contributed by atoms with Crippen molar-refractivity contribution in [2.45, 2.75) is 31.6 Å². The highest BCUT2D eigenvalue weighted by molar-refractivity contribution is 7.89. The fraction of sp³-hybridized carbons (Fsp3) is 0.571. The summed E-state index contributed by atoms with van der Waals surface area (Å²) < 4.78 is 30.7. The number of nitrogen functional groups attached to an aromatic ring is 1. The molecule has 1 aromatic carbocycles. The molecule has 0 unspecified atom stereocenters. The van der Waals surface area contributed by atoms with Crippen molar-refractivity contribution in [3.8, 4) is 5.75 Å². The van der Waals surface area contributed by atoms with Crippen LogP contribution in [0.4, 0.5) is 5.69 Å². The normalized spacial score (nSPS) is 12.1. The van der Waals surface area contributed by atoms with E-state index >= 15 is 0 Å². The maximum atomic E-state index is 12.0. The molecule has 0 radical (unpaired) electrons. The molecule has 114 valence electrons.